The van der Waals surface area contributed by atoms with E-state index < -0.39 is 10.8 Å². The van der Waals surface area contributed by atoms with Crippen molar-refractivity contribution >= 4 is 28.9 Å². The van der Waals surface area contributed by atoms with Crippen LogP contribution in [0, 0.1) is 24.0 Å². The average molecular weight is 401 g/mol. The van der Waals surface area contributed by atoms with Gasteiger partial charge in [0.2, 0.25) is 0 Å². The third-order valence-electron chi connectivity index (χ3n) is 4.20. The van der Waals surface area contributed by atoms with E-state index in [1.165, 1.54) is 24.4 Å². The van der Waals surface area contributed by atoms with E-state index in [1.807, 2.05) is 6.92 Å². The molecule has 9 heteroatoms. The zero-order valence-corrected chi connectivity index (χ0v) is 16.1. The molecule has 3 rings (SSSR count). The first-order valence-electron chi connectivity index (χ1n) is 8.28. The molecule has 1 heterocycles. The molecule has 0 fully saturated rings. The molecule has 0 unspecified atom stereocenters. The molecular weight excluding hydrogens is 384 g/mol. The molecule has 0 aliphatic carbocycles. The average Bonchev–Trinajstić information content (AvgIpc) is 2.96. The molecule has 0 radical (unpaired) electrons. The number of rotatable bonds is 5. The van der Waals surface area contributed by atoms with Crippen molar-refractivity contribution in [3.05, 3.63) is 74.6 Å². The van der Waals surface area contributed by atoms with Gasteiger partial charge in [-0.2, -0.15) is 5.10 Å². The number of nitro benzene ring substituents is 1. The minimum atomic E-state index is -0.549. The Labute approximate surface area is 165 Å². The summed E-state index contributed by atoms with van der Waals surface area (Å²) in [5.74, 6) is 0.308. The lowest BCUT2D eigenvalue weighted by Gasteiger charge is -2.11. The summed E-state index contributed by atoms with van der Waals surface area (Å²) >= 11 is 5.94. The Morgan fingerprint density at radius 3 is 2.61 bits per heavy atom. The van der Waals surface area contributed by atoms with Crippen molar-refractivity contribution in [3.63, 3.8) is 0 Å². The third-order valence-corrected chi connectivity index (χ3v) is 4.44. The second-order valence-electron chi connectivity index (χ2n) is 6.21. The lowest BCUT2D eigenvalue weighted by molar-refractivity contribution is -0.384. The number of nitrogens with zero attached hydrogens (tertiary/aromatic N) is 3. The van der Waals surface area contributed by atoms with Gasteiger partial charge in [0, 0.05) is 29.9 Å². The fraction of sp³-hybridized carbons (Fsp3) is 0.158. The summed E-state index contributed by atoms with van der Waals surface area (Å²) in [6.07, 6.45) is 1.44. The number of anilines is 1. The molecule has 28 heavy (non-hydrogen) atoms. The van der Waals surface area contributed by atoms with E-state index in [0.717, 1.165) is 5.56 Å². The molecule has 2 aromatic carbocycles. The topological polar surface area (TPSA) is 99.3 Å². The summed E-state index contributed by atoms with van der Waals surface area (Å²) in [5.41, 5.74) is 1.86. The Bertz CT molecular complexity index is 1080. The van der Waals surface area contributed by atoms with E-state index in [1.54, 1.807) is 36.9 Å². The van der Waals surface area contributed by atoms with E-state index in [9.17, 15) is 14.9 Å². The van der Waals surface area contributed by atoms with E-state index in [4.69, 9.17) is 16.3 Å². The van der Waals surface area contributed by atoms with Crippen molar-refractivity contribution in [3.8, 4) is 11.5 Å². The number of nitro groups is 1. The monoisotopic (exact) mass is 400 g/mol. The lowest BCUT2D eigenvalue weighted by Crippen LogP contribution is -2.13. The minimum absolute atomic E-state index is 0.206. The number of carbonyl (C=O) groups excluding carboxylic acids is 1. The molecule has 0 aliphatic heterocycles. The number of nitrogens with one attached hydrogen (secondary N) is 1. The van der Waals surface area contributed by atoms with Crippen molar-refractivity contribution in [1.29, 1.82) is 0 Å². The smallest absolute Gasteiger partial charge is 0.275 e. The van der Waals surface area contributed by atoms with Crippen molar-refractivity contribution < 1.29 is 14.5 Å². The van der Waals surface area contributed by atoms with Crippen LogP contribution in [0.1, 0.15) is 21.6 Å². The molecule has 144 valence electrons. The van der Waals surface area contributed by atoms with Gasteiger partial charge in [0.25, 0.3) is 11.6 Å². The number of non-ortho nitro benzene ring substituents is 1. The van der Waals surface area contributed by atoms with Gasteiger partial charge in [-0.15, -0.1) is 0 Å². The van der Waals surface area contributed by atoms with Crippen LogP contribution in [0.4, 0.5) is 11.4 Å². The summed E-state index contributed by atoms with van der Waals surface area (Å²) in [6.45, 7) is 3.57. The van der Waals surface area contributed by atoms with Crippen molar-refractivity contribution in [1.82, 2.24) is 9.78 Å². The fourth-order valence-electron chi connectivity index (χ4n) is 2.59. The predicted molar refractivity (Wildman–Crippen MR) is 105 cm³/mol. The quantitative estimate of drug-likeness (QED) is 0.496. The van der Waals surface area contributed by atoms with E-state index in [-0.39, 0.29) is 17.1 Å². The Kier molecular flexibility index (Phi) is 5.32. The van der Waals surface area contributed by atoms with E-state index >= 15 is 0 Å². The highest BCUT2D eigenvalue weighted by Gasteiger charge is 2.17. The Morgan fingerprint density at radius 2 is 2.00 bits per heavy atom. The Hall–Kier alpha value is -3.39. The largest absolute Gasteiger partial charge is 0.457 e. The van der Waals surface area contributed by atoms with Gasteiger partial charge >= 0.3 is 0 Å². The van der Waals surface area contributed by atoms with Crippen LogP contribution in [0.2, 0.25) is 5.02 Å². The highest BCUT2D eigenvalue weighted by Crippen LogP contribution is 2.32. The first-order chi connectivity index (χ1) is 13.2. The van der Waals surface area contributed by atoms with Gasteiger partial charge in [-0.1, -0.05) is 11.6 Å². The van der Waals surface area contributed by atoms with Gasteiger partial charge in [-0.05, 0) is 37.6 Å². The zero-order chi connectivity index (χ0) is 20.4. The van der Waals surface area contributed by atoms with Crippen LogP contribution >= 0.6 is 11.6 Å². The number of aryl methyl sites for hydroxylation is 2. The summed E-state index contributed by atoms with van der Waals surface area (Å²) in [5, 5.41) is 18.5. The summed E-state index contributed by atoms with van der Waals surface area (Å²) < 4.78 is 7.35. The van der Waals surface area contributed by atoms with Gasteiger partial charge in [-0.25, -0.2) is 0 Å². The number of carbonyl (C=O) groups is 1. The summed E-state index contributed by atoms with van der Waals surface area (Å²) in [6, 6.07) is 9.14. The van der Waals surface area contributed by atoms with Gasteiger partial charge in [0.1, 0.15) is 11.5 Å². The molecule has 1 N–H and O–H groups in total. The summed E-state index contributed by atoms with van der Waals surface area (Å²) in [4.78, 5) is 23.2. The first kappa shape index (κ1) is 19.4. The number of benzene rings is 2. The van der Waals surface area contributed by atoms with E-state index in [2.05, 4.69) is 10.4 Å². The molecule has 0 aliphatic rings. The molecule has 0 saturated carbocycles. The maximum Gasteiger partial charge on any atom is 0.275 e. The van der Waals surface area contributed by atoms with Crippen LogP contribution in [-0.4, -0.2) is 20.6 Å². The molecule has 0 bridgehead atoms. The van der Waals surface area contributed by atoms with Crippen molar-refractivity contribution in [2.75, 3.05) is 5.32 Å². The standard InChI is InChI=1S/C19H17ClN4O4/c1-11-6-13(20)4-5-18(11)28-16-8-14(7-15(9-16)24(26)27)22-19(25)17-10-21-23(3)12(17)2/h4-10H,1-3H3,(H,22,25). The van der Waals surface area contributed by atoms with Gasteiger partial charge in [0.05, 0.1) is 28.4 Å². The molecule has 8 nitrogen and oxygen atoms in total. The van der Waals surface area contributed by atoms with Crippen LogP contribution in [0.3, 0.4) is 0 Å². The second kappa shape index (κ2) is 7.69. The van der Waals surface area contributed by atoms with E-state index in [0.29, 0.717) is 22.0 Å². The number of aromatic nitrogens is 2. The second-order valence-corrected chi connectivity index (χ2v) is 6.64. The normalized spacial score (nSPS) is 10.6. The van der Waals surface area contributed by atoms with Crippen LogP contribution in [-0.2, 0) is 7.05 Å². The first-order valence-corrected chi connectivity index (χ1v) is 8.66. The van der Waals surface area contributed by atoms with Crippen molar-refractivity contribution in [2.24, 2.45) is 7.05 Å². The SMILES string of the molecule is Cc1cc(Cl)ccc1Oc1cc(NC(=O)c2cnn(C)c2C)cc([N+](=O)[O-])c1. The molecule has 0 atom stereocenters. The molecule has 3 aromatic rings. The van der Waals surface area contributed by atoms with Crippen molar-refractivity contribution in [2.45, 2.75) is 13.8 Å². The molecule has 0 saturated heterocycles. The number of hydrogen-bond donors (Lipinski definition) is 1. The van der Waals surface area contributed by atoms with Crippen LogP contribution in [0.5, 0.6) is 11.5 Å². The Morgan fingerprint density at radius 1 is 1.25 bits per heavy atom. The maximum atomic E-state index is 12.5. The molecule has 1 aromatic heterocycles. The number of ether oxygens (including phenoxy) is 1. The van der Waals surface area contributed by atoms with Crippen LogP contribution in [0.15, 0.2) is 42.6 Å². The van der Waals surface area contributed by atoms with Gasteiger partial charge < -0.3 is 10.1 Å². The summed E-state index contributed by atoms with van der Waals surface area (Å²) in [7, 11) is 1.72. The lowest BCUT2D eigenvalue weighted by atomic mass is 10.2. The molecular formula is C19H17ClN4O4. The van der Waals surface area contributed by atoms with Crippen LogP contribution in [0.25, 0.3) is 0 Å². The van der Waals surface area contributed by atoms with Crippen LogP contribution < -0.4 is 10.1 Å². The minimum Gasteiger partial charge on any atom is -0.457 e. The van der Waals surface area contributed by atoms with Gasteiger partial charge in [0.15, 0.2) is 0 Å². The highest BCUT2D eigenvalue weighted by atomic mass is 35.5. The number of halogens is 1. The maximum absolute atomic E-state index is 12.5. The molecule has 0 spiro atoms. The van der Waals surface area contributed by atoms with Gasteiger partial charge in [-0.3, -0.25) is 19.6 Å². The Balaban J connectivity index is 1.92. The number of amides is 1. The zero-order valence-electron chi connectivity index (χ0n) is 15.4. The number of hydrogen-bond acceptors (Lipinski definition) is 5. The predicted octanol–water partition coefficient (Wildman–Crippen LogP) is 4.64. The fourth-order valence-corrected chi connectivity index (χ4v) is 2.82. The third kappa shape index (κ3) is 4.12. The molecule has 1 amide bonds. The highest BCUT2D eigenvalue weighted by molar-refractivity contribution is 6.30.